The fourth-order valence-electron chi connectivity index (χ4n) is 1.34. The lowest BCUT2D eigenvalue weighted by molar-refractivity contribution is -0.135. The lowest BCUT2D eigenvalue weighted by Gasteiger charge is -2.09. The highest BCUT2D eigenvalue weighted by atomic mass is 35.5. The van der Waals surface area contributed by atoms with Gasteiger partial charge < -0.3 is 10.1 Å². The van der Waals surface area contributed by atoms with Crippen molar-refractivity contribution in [1.29, 1.82) is 0 Å². The van der Waals surface area contributed by atoms with Crippen molar-refractivity contribution in [1.82, 2.24) is 10.3 Å². The quantitative estimate of drug-likeness (QED) is 0.304. The van der Waals surface area contributed by atoms with E-state index in [0.29, 0.717) is 10.7 Å². The summed E-state index contributed by atoms with van der Waals surface area (Å²) in [7, 11) is 2.78. The fraction of sp³-hybridized carbons (Fsp3) is 0.250. The first kappa shape index (κ1) is 15.5. The first-order valence-corrected chi connectivity index (χ1v) is 6.00. The number of ether oxygens (including phenoxy) is 1. The Hall–Kier alpha value is -1.59. The topological polar surface area (TPSA) is 68.3 Å². The van der Waals surface area contributed by atoms with Crippen LogP contribution < -0.4 is 5.32 Å². The van der Waals surface area contributed by atoms with E-state index < -0.39 is 11.8 Å². The summed E-state index contributed by atoms with van der Waals surface area (Å²) in [6, 6.07) is 1.38. The molecule has 0 radical (unpaired) electrons. The smallest absolute Gasteiger partial charge is 0.343 e. The van der Waals surface area contributed by atoms with Crippen molar-refractivity contribution in [2.45, 2.75) is 6.92 Å². The van der Waals surface area contributed by atoms with Gasteiger partial charge in [-0.15, -0.1) is 0 Å². The van der Waals surface area contributed by atoms with Gasteiger partial charge >= 0.3 is 5.97 Å². The normalized spacial score (nSPS) is 11.6. The molecule has 0 unspecified atom stereocenters. The fourth-order valence-corrected chi connectivity index (χ4v) is 1.81. The molecular weight excluding hydrogens is 291 g/mol. The zero-order chi connectivity index (χ0) is 14.6. The summed E-state index contributed by atoms with van der Waals surface area (Å²) < 4.78 is 4.59. The van der Waals surface area contributed by atoms with Crippen LogP contribution in [0.1, 0.15) is 17.4 Å². The molecule has 5 nitrogen and oxygen atoms in total. The number of rotatable bonds is 4. The van der Waals surface area contributed by atoms with E-state index in [-0.39, 0.29) is 16.3 Å². The Morgan fingerprint density at radius 2 is 2.00 bits per heavy atom. The Labute approximate surface area is 120 Å². The largest absolute Gasteiger partial charge is 0.465 e. The maximum Gasteiger partial charge on any atom is 0.343 e. The van der Waals surface area contributed by atoms with E-state index in [2.05, 4.69) is 15.0 Å². The third-order valence-electron chi connectivity index (χ3n) is 2.39. The van der Waals surface area contributed by atoms with Gasteiger partial charge in [0.2, 0.25) is 5.78 Å². The molecule has 1 heterocycles. The maximum absolute atomic E-state index is 12.3. The minimum absolute atomic E-state index is 0.0546. The molecule has 0 saturated carbocycles. The minimum Gasteiger partial charge on any atom is -0.465 e. The van der Waals surface area contributed by atoms with Crippen LogP contribution in [0.5, 0.6) is 0 Å². The second-order valence-corrected chi connectivity index (χ2v) is 4.40. The Morgan fingerprint density at radius 3 is 2.47 bits per heavy atom. The first-order chi connectivity index (χ1) is 8.92. The average molecular weight is 303 g/mol. The molecule has 7 heteroatoms. The van der Waals surface area contributed by atoms with Crippen LogP contribution in [0.4, 0.5) is 0 Å². The van der Waals surface area contributed by atoms with Crippen LogP contribution in [0.25, 0.3) is 0 Å². The molecule has 0 fully saturated rings. The zero-order valence-electron chi connectivity index (χ0n) is 10.6. The number of methoxy groups -OCH3 is 1. The maximum atomic E-state index is 12.3. The monoisotopic (exact) mass is 302 g/mol. The number of nitrogens with zero attached hydrogens (tertiary/aromatic N) is 1. The Morgan fingerprint density at radius 1 is 1.37 bits per heavy atom. The van der Waals surface area contributed by atoms with Crippen LogP contribution in [0.3, 0.4) is 0 Å². The molecule has 0 bridgehead atoms. The second kappa shape index (κ2) is 6.54. The molecule has 0 amide bonds. The third-order valence-corrected chi connectivity index (χ3v) is 2.88. The SMILES string of the molecule is CNC(C)=C(C(=O)OC)C(=O)c1ncc(Cl)cc1Cl. The molecule has 19 heavy (non-hydrogen) atoms. The molecule has 0 aliphatic rings. The number of carbonyl (C=O) groups excluding carboxylic acids is 2. The predicted octanol–water partition coefficient (Wildman–Crippen LogP) is 2.24. The lowest BCUT2D eigenvalue weighted by atomic mass is 10.1. The first-order valence-electron chi connectivity index (χ1n) is 5.25. The van der Waals surface area contributed by atoms with Crippen LogP contribution in [0.2, 0.25) is 10.0 Å². The zero-order valence-corrected chi connectivity index (χ0v) is 12.1. The van der Waals surface area contributed by atoms with Crippen molar-refractivity contribution in [3.63, 3.8) is 0 Å². The Kier molecular flexibility index (Phi) is 5.32. The molecule has 1 aromatic heterocycles. The van der Waals surface area contributed by atoms with Crippen molar-refractivity contribution in [3.05, 3.63) is 39.3 Å². The summed E-state index contributed by atoms with van der Waals surface area (Å²) >= 11 is 11.6. The Balaban J connectivity index is 3.32. The van der Waals surface area contributed by atoms with Crippen molar-refractivity contribution < 1.29 is 14.3 Å². The molecule has 1 aromatic rings. The van der Waals surface area contributed by atoms with Crippen LogP contribution in [-0.4, -0.2) is 30.9 Å². The number of pyridine rings is 1. The van der Waals surface area contributed by atoms with Gasteiger partial charge in [0.15, 0.2) is 0 Å². The van der Waals surface area contributed by atoms with Crippen LogP contribution >= 0.6 is 23.2 Å². The van der Waals surface area contributed by atoms with Crippen molar-refractivity contribution in [2.75, 3.05) is 14.2 Å². The highest BCUT2D eigenvalue weighted by molar-refractivity contribution is 6.38. The van der Waals surface area contributed by atoms with Gasteiger partial charge in [-0.3, -0.25) is 4.79 Å². The van der Waals surface area contributed by atoms with Gasteiger partial charge in [-0.1, -0.05) is 23.2 Å². The number of esters is 1. The number of allylic oxidation sites excluding steroid dienone is 1. The van der Waals surface area contributed by atoms with E-state index in [0.717, 1.165) is 0 Å². The van der Waals surface area contributed by atoms with Gasteiger partial charge in [-0.2, -0.15) is 0 Å². The number of halogens is 2. The molecular formula is C12H12Cl2N2O3. The van der Waals surface area contributed by atoms with Crippen molar-refractivity contribution in [3.8, 4) is 0 Å². The van der Waals surface area contributed by atoms with E-state index in [1.165, 1.54) is 19.4 Å². The molecule has 0 aromatic carbocycles. The van der Waals surface area contributed by atoms with Crippen molar-refractivity contribution in [2.24, 2.45) is 0 Å². The molecule has 0 spiro atoms. The summed E-state index contributed by atoms with van der Waals surface area (Å²) in [6.45, 7) is 1.58. The van der Waals surface area contributed by atoms with E-state index in [1.807, 2.05) is 0 Å². The number of ketones is 1. The summed E-state index contributed by atoms with van der Waals surface area (Å²) in [5.41, 5.74) is 0.160. The number of hydrogen-bond donors (Lipinski definition) is 1. The number of nitrogens with one attached hydrogen (secondary N) is 1. The summed E-state index contributed by atoms with van der Waals surface area (Å²) in [6.07, 6.45) is 1.28. The summed E-state index contributed by atoms with van der Waals surface area (Å²) in [5.74, 6) is -1.38. The third kappa shape index (κ3) is 3.45. The van der Waals surface area contributed by atoms with Gasteiger partial charge in [0.1, 0.15) is 11.3 Å². The van der Waals surface area contributed by atoms with Crippen molar-refractivity contribution >= 4 is 35.0 Å². The highest BCUT2D eigenvalue weighted by Crippen LogP contribution is 2.22. The van der Waals surface area contributed by atoms with Gasteiger partial charge in [0, 0.05) is 18.9 Å². The highest BCUT2D eigenvalue weighted by Gasteiger charge is 2.26. The van der Waals surface area contributed by atoms with Gasteiger partial charge in [0.25, 0.3) is 0 Å². The number of Topliss-reactive ketones (excluding diaryl/α,β-unsaturated/α-hetero) is 1. The second-order valence-electron chi connectivity index (χ2n) is 3.55. The molecule has 0 aliphatic carbocycles. The van der Waals surface area contributed by atoms with Gasteiger partial charge in [0.05, 0.1) is 17.2 Å². The summed E-state index contributed by atoms with van der Waals surface area (Å²) in [4.78, 5) is 27.8. The van der Waals surface area contributed by atoms with E-state index in [1.54, 1.807) is 14.0 Å². The molecule has 0 aliphatic heterocycles. The number of hydrogen-bond acceptors (Lipinski definition) is 5. The number of aromatic nitrogens is 1. The van der Waals surface area contributed by atoms with E-state index >= 15 is 0 Å². The molecule has 0 saturated heterocycles. The predicted molar refractivity (Wildman–Crippen MR) is 72.4 cm³/mol. The standard InChI is InChI=1S/C12H12Cl2N2O3/c1-6(15-2)9(12(18)19-3)11(17)10-8(14)4-7(13)5-16-10/h4-5,15H,1-3H3. The summed E-state index contributed by atoms with van der Waals surface area (Å²) in [5, 5.41) is 3.10. The average Bonchev–Trinajstić information content (AvgIpc) is 2.38. The number of carbonyl (C=O) groups is 2. The molecule has 1 N–H and O–H groups in total. The lowest BCUT2D eigenvalue weighted by Crippen LogP contribution is -2.22. The molecule has 0 atom stereocenters. The van der Waals surface area contributed by atoms with Crippen LogP contribution in [0, 0.1) is 0 Å². The Bertz CT molecular complexity index is 556. The van der Waals surface area contributed by atoms with Gasteiger partial charge in [-0.25, -0.2) is 9.78 Å². The van der Waals surface area contributed by atoms with E-state index in [9.17, 15) is 9.59 Å². The van der Waals surface area contributed by atoms with Gasteiger partial charge in [-0.05, 0) is 13.0 Å². The van der Waals surface area contributed by atoms with Crippen LogP contribution in [-0.2, 0) is 9.53 Å². The van der Waals surface area contributed by atoms with E-state index in [4.69, 9.17) is 23.2 Å². The van der Waals surface area contributed by atoms with Crippen LogP contribution in [0.15, 0.2) is 23.5 Å². The minimum atomic E-state index is -0.760. The molecule has 1 rings (SSSR count). The molecule has 102 valence electrons.